The zero-order valence-corrected chi connectivity index (χ0v) is 12.8. The molecule has 2 aromatic rings. The fourth-order valence-corrected chi connectivity index (χ4v) is 1.93. The molecule has 0 saturated carbocycles. The van der Waals surface area contributed by atoms with E-state index in [9.17, 15) is 4.79 Å². The van der Waals surface area contributed by atoms with Crippen LogP contribution in [0.15, 0.2) is 30.3 Å². The van der Waals surface area contributed by atoms with Crippen molar-refractivity contribution in [2.45, 2.75) is 40.0 Å². The summed E-state index contributed by atoms with van der Waals surface area (Å²) in [5, 5.41) is 3.93. The number of nitrogens with zero attached hydrogens (tertiary/aromatic N) is 1. The van der Waals surface area contributed by atoms with Gasteiger partial charge in [-0.25, -0.2) is 4.98 Å². The molecule has 1 aromatic heterocycles. The molecule has 1 amide bonds. The van der Waals surface area contributed by atoms with Crippen molar-refractivity contribution in [2.75, 3.05) is 5.32 Å². The van der Waals surface area contributed by atoms with Crippen LogP contribution in [0.5, 0.6) is 0 Å². The van der Waals surface area contributed by atoms with E-state index in [1.165, 1.54) is 5.56 Å². The van der Waals surface area contributed by atoms with Crippen LogP contribution in [0.25, 0.3) is 10.9 Å². The van der Waals surface area contributed by atoms with Gasteiger partial charge in [0, 0.05) is 11.3 Å². The third kappa shape index (κ3) is 3.16. The maximum atomic E-state index is 11.7. The molecule has 3 nitrogen and oxygen atoms in total. The van der Waals surface area contributed by atoms with Crippen LogP contribution in [-0.4, -0.2) is 10.9 Å². The van der Waals surface area contributed by atoms with E-state index in [0.717, 1.165) is 10.9 Å². The molecular formula is C17H22N2O. The third-order valence-electron chi connectivity index (χ3n) is 3.33. The van der Waals surface area contributed by atoms with Gasteiger partial charge in [-0.15, -0.1) is 0 Å². The Kier molecular flexibility index (Phi) is 3.80. The highest BCUT2D eigenvalue weighted by molar-refractivity contribution is 5.92. The molecule has 0 radical (unpaired) electrons. The lowest BCUT2D eigenvalue weighted by molar-refractivity contribution is -0.118. The SMILES string of the molecule is CC(C)C(=O)Nc1ccc2cc(C(C)(C)C)ccc2n1. The summed E-state index contributed by atoms with van der Waals surface area (Å²) in [6, 6.07) is 10.1. The number of fused-ring (bicyclic) bond motifs is 1. The fraction of sp³-hybridized carbons (Fsp3) is 0.412. The van der Waals surface area contributed by atoms with Crippen LogP contribution in [-0.2, 0) is 10.2 Å². The van der Waals surface area contributed by atoms with Crippen LogP contribution < -0.4 is 5.32 Å². The Labute approximate surface area is 120 Å². The van der Waals surface area contributed by atoms with Gasteiger partial charge in [-0.05, 0) is 35.2 Å². The quantitative estimate of drug-likeness (QED) is 0.891. The lowest BCUT2D eigenvalue weighted by Gasteiger charge is -2.19. The van der Waals surface area contributed by atoms with E-state index >= 15 is 0 Å². The molecule has 0 atom stereocenters. The summed E-state index contributed by atoms with van der Waals surface area (Å²) in [6.45, 7) is 10.3. The largest absolute Gasteiger partial charge is 0.310 e. The number of rotatable bonds is 2. The van der Waals surface area contributed by atoms with E-state index in [2.05, 4.69) is 43.2 Å². The van der Waals surface area contributed by atoms with Gasteiger partial charge in [0.05, 0.1) is 5.52 Å². The molecule has 106 valence electrons. The molecule has 1 heterocycles. The number of anilines is 1. The molecular weight excluding hydrogens is 248 g/mol. The van der Waals surface area contributed by atoms with E-state index < -0.39 is 0 Å². The molecule has 1 N–H and O–H groups in total. The van der Waals surface area contributed by atoms with E-state index in [0.29, 0.717) is 5.82 Å². The summed E-state index contributed by atoms with van der Waals surface area (Å²) in [7, 11) is 0. The fourth-order valence-electron chi connectivity index (χ4n) is 1.93. The van der Waals surface area contributed by atoms with Crippen molar-refractivity contribution in [3.63, 3.8) is 0 Å². The standard InChI is InChI=1S/C17H22N2O/c1-11(2)16(20)19-15-9-6-12-10-13(17(3,4)5)7-8-14(12)18-15/h6-11H,1-5H3,(H,18,19,20). The van der Waals surface area contributed by atoms with Crippen LogP contribution in [0.2, 0.25) is 0 Å². The van der Waals surface area contributed by atoms with Gasteiger partial charge in [-0.2, -0.15) is 0 Å². The second-order valence-electron chi connectivity index (χ2n) is 6.50. The van der Waals surface area contributed by atoms with Crippen molar-refractivity contribution in [2.24, 2.45) is 5.92 Å². The van der Waals surface area contributed by atoms with E-state index in [4.69, 9.17) is 0 Å². The van der Waals surface area contributed by atoms with Crippen molar-refractivity contribution in [1.29, 1.82) is 0 Å². The van der Waals surface area contributed by atoms with E-state index in [-0.39, 0.29) is 17.2 Å². The lowest BCUT2D eigenvalue weighted by Crippen LogP contribution is -2.18. The van der Waals surface area contributed by atoms with Crippen molar-refractivity contribution in [1.82, 2.24) is 4.98 Å². The molecule has 1 aromatic carbocycles. The van der Waals surface area contributed by atoms with E-state index in [1.807, 2.05) is 32.0 Å². The van der Waals surface area contributed by atoms with Gasteiger partial charge in [0.25, 0.3) is 0 Å². The number of carbonyl (C=O) groups excluding carboxylic acids is 1. The average Bonchev–Trinajstić information content (AvgIpc) is 2.36. The highest BCUT2D eigenvalue weighted by Gasteiger charge is 2.14. The van der Waals surface area contributed by atoms with Crippen LogP contribution in [0.1, 0.15) is 40.2 Å². The summed E-state index contributed by atoms with van der Waals surface area (Å²) in [4.78, 5) is 16.2. The number of amides is 1. The Bertz CT molecular complexity index is 639. The predicted octanol–water partition coefficient (Wildman–Crippen LogP) is 4.13. The topological polar surface area (TPSA) is 42.0 Å². The molecule has 2 rings (SSSR count). The Morgan fingerprint density at radius 1 is 1.15 bits per heavy atom. The molecule has 0 spiro atoms. The van der Waals surface area contributed by atoms with Crippen molar-refractivity contribution in [3.05, 3.63) is 35.9 Å². The molecule has 0 aliphatic carbocycles. The predicted molar refractivity (Wildman–Crippen MR) is 83.9 cm³/mol. The lowest BCUT2D eigenvalue weighted by atomic mass is 9.86. The van der Waals surface area contributed by atoms with Gasteiger partial charge in [0.2, 0.25) is 5.91 Å². The van der Waals surface area contributed by atoms with Crippen molar-refractivity contribution < 1.29 is 4.79 Å². The highest BCUT2D eigenvalue weighted by Crippen LogP contribution is 2.26. The maximum absolute atomic E-state index is 11.7. The van der Waals surface area contributed by atoms with Crippen molar-refractivity contribution >= 4 is 22.6 Å². The average molecular weight is 270 g/mol. The van der Waals surface area contributed by atoms with Gasteiger partial charge in [0.15, 0.2) is 0 Å². The zero-order chi connectivity index (χ0) is 14.9. The Morgan fingerprint density at radius 2 is 1.85 bits per heavy atom. The Morgan fingerprint density at radius 3 is 2.45 bits per heavy atom. The number of nitrogens with one attached hydrogen (secondary N) is 1. The summed E-state index contributed by atoms with van der Waals surface area (Å²) >= 11 is 0. The molecule has 0 aliphatic rings. The van der Waals surface area contributed by atoms with Gasteiger partial charge >= 0.3 is 0 Å². The van der Waals surface area contributed by atoms with Crippen molar-refractivity contribution in [3.8, 4) is 0 Å². The minimum absolute atomic E-state index is 0.0110. The summed E-state index contributed by atoms with van der Waals surface area (Å²) in [6.07, 6.45) is 0. The van der Waals surface area contributed by atoms with Gasteiger partial charge in [0.1, 0.15) is 5.82 Å². The molecule has 20 heavy (non-hydrogen) atoms. The number of hydrogen-bond acceptors (Lipinski definition) is 2. The first-order valence-corrected chi connectivity index (χ1v) is 6.99. The first kappa shape index (κ1) is 14.5. The normalized spacial score (nSPS) is 11.9. The monoisotopic (exact) mass is 270 g/mol. The minimum atomic E-state index is -0.0456. The Balaban J connectivity index is 2.34. The van der Waals surface area contributed by atoms with E-state index in [1.54, 1.807) is 0 Å². The molecule has 3 heteroatoms. The van der Waals surface area contributed by atoms with Crippen LogP contribution >= 0.6 is 0 Å². The second-order valence-corrected chi connectivity index (χ2v) is 6.50. The second kappa shape index (κ2) is 5.23. The maximum Gasteiger partial charge on any atom is 0.228 e. The van der Waals surface area contributed by atoms with Crippen LogP contribution in [0.3, 0.4) is 0 Å². The molecule has 0 saturated heterocycles. The molecule has 0 unspecified atom stereocenters. The summed E-state index contributed by atoms with van der Waals surface area (Å²) in [5.41, 5.74) is 2.31. The number of aromatic nitrogens is 1. The number of hydrogen-bond donors (Lipinski definition) is 1. The van der Waals surface area contributed by atoms with Gasteiger partial charge < -0.3 is 5.32 Å². The first-order valence-electron chi connectivity index (χ1n) is 6.99. The number of carbonyl (C=O) groups is 1. The van der Waals surface area contributed by atoms with Crippen LogP contribution in [0, 0.1) is 5.92 Å². The van der Waals surface area contributed by atoms with Gasteiger partial charge in [-0.1, -0.05) is 40.7 Å². The first-order chi connectivity index (χ1) is 9.27. The molecule has 0 aliphatic heterocycles. The zero-order valence-electron chi connectivity index (χ0n) is 12.8. The van der Waals surface area contributed by atoms with Crippen LogP contribution in [0.4, 0.5) is 5.82 Å². The molecule has 0 fully saturated rings. The number of benzene rings is 1. The van der Waals surface area contributed by atoms with Gasteiger partial charge in [-0.3, -0.25) is 4.79 Å². The molecule has 0 bridgehead atoms. The number of pyridine rings is 1. The third-order valence-corrected chi connectivity index (χ3v) is 3.33. The minimum Gasteiger partial charge on any atom is -0.310 e. The Hall–Kier alpha value is -1.90. The summed E-state index contributed by atoms with van der Waals surface area (Å²) in [5.74, 6) is 0.554. The summed E-state index contributed by atoms with van der Waals surface area (Å²) < 4.78 is 0. The smallest absolute Gasteiger partial charge is 0.228 e. The highest BCUT2D eigenvalue weighted by atomic mass is 16.1.